The molecule has 0 saturated heterocycles. The Hall–Kier alpha value is -2.11. The van der Waals surface area contributed by atoms with Crippen molar-refractivity contribution < 1.29 is 9.13 Å². The molecule has 23 heavy (non-hydrogen) atoms. The van der Waals surface area contributed by atoms with Gasteiger partial charge in [0, 0.05) is 18.1 Å². The van der Waals surface area contributed by atoms with Crippen molar-refractivity contribution in [3.63, 3.8) is 0 Å². The molecule has 0 aliphatic carbocycles. The summed E-state index contributed by atoms with van der Waals surface area (Å²) in [6.07, 6.45) is 0.537. The summed E-state index contributed by atoms with van der Waals surface area (Å²) in [5, 5.41) is 1.65. The zero-order valence-corrected chi connectivity index (χ0v) is 13.6. The van der Waals surface area contributed by atoms with E-state index in [-0.39, 0.29) is 18.2 Å². The van der Waals surface area contributed by atoms with Crippen molar-refractivity contribution in [1.29, 1.82) is 0 Å². The Balaban J connectivity index is 0.00000192. The van der Waals surface area contributed by atoms with Crippen LogP contribution in [0.4, 0.5) is 4.39 Å². The van der Waals surface area contributed by atoms with Gasteiger partial charge in [0.1, 0.15) is 17.4 Å². The third-order valence-corrected chi connectivity index (χ3v) is 3.74. The van der Waals surface area contributed by atoms with Crippen LogP contribution in [0.3, 0.4) is 0 Å². The summed E-state index contributed by atoms with van der Waals surface area (Å²) in [6.45, 7) is 1.47. The maximum Gasteiger partial charge on any atom is 0.145 e. The predicted molar refractivity (Wildman–Crippen MR) is 91.7 cm³/mol. The Labute approximate surface area is 141 Å². The van der Waals surface area contributed by atoms with Gasteiger partial charge < -0.3 is 4.74 Å². The fourth-order valence-corrected chi connectivity index (χ4v) is 2.51. The quantitative estimate of drug-likeness (QED) is 0.874. The third-order valence-electron chi connectivity index (χ3n) is 3.74. The lowest BCUT2D eigenvalue weighted by atomic mass is 10.0. The molecule has 4 nitrogen and oxygen atoms in total. The standard InChI is InChI=1S/C17H18FN3O.ClH/c1-22-15-7-6-14(16(18)11-15)10-12-2-4-13(5-3-12)17-20-8-9-21(17)19;/h2-7,11H,8-10,19H2,1H3;1H. The molecular weight excluding hydrogens is 317 g/mol. The first-order valence-electron chi connectivity index (χ1n) is 7.16. The summed E-state index contributed by atoms with van der Waals surface area (Å²) in [6, 6.07) is 12.8. The van der Waals surface area contributed by atoms with Gasteiger partial charge in [-0.1, -0.05) is 30.3 Å². The van der Waals surface area contributed by atoms with Crippen molar-refractivity contribution in [2.24, 2.45) is 10.8 Å². The van der Waals surface area contributed by atoms with Gasteiger partial charge in [0.05, 0.1) is 20.2 Å². The molecule has 0 spiro atoms. The summed E-state index contributed by atoms with van der Waals surface area (Å²) in [5.74, 6) is 6.94. The van der Waals surface area contributed by atoms with E-state index in [4.69, 9.17) is 10.6 Å². The van der Waals surface area contributed by atoms with Gasteiger partial charge in [-0.25, -0.2) is 10.2 Å². The number of ether oxygens (including phenoxy) is 1. The Morgan fingerprint density at radius 2 is 1.96 bits per heavy atom. The molecule has 1 aliphatic heterocycles. The lowest BCUT2D eigenvalue weighted by molar-refractivity contribution is 0.411. The van der Waals surface area contributed by atoms with Gasteiger partial charge in [-0.05, 0) is 17.2 Å². The summed E-state index contributed by atoms with van der Waals surface area (Å²) >= 11 is 0. The fraction of sp³-hybridized carbons (Fsp3) is 0.235. The van der Waals surface area contributed by atoms with Gasteiger partial charge in [0.25, 0.3) is 0 Å². The number of nitrogens with zero attached hydrogens (tertiary/aromatic N) is 2. The molecule has 2 aromatic carbocycles. The molecule has 122 valence electrons. The van der Waals surface area contributed by atoms with Crippen molar-refractivity contribution in [3.8, 4) is 5.75 Å². The van der Waals surface area contributed by atoms with Crippen molar-refractivity contribution in [2.75, 3.05) is 20.2 Å². The number of benzene rings is 2. The van der Waals surface area contributed by atoms with E-state index in [1.807, 2.05) is 24.3 Å². The minimum Gasteiger partial charge on any atom is -0.497 e. The van der Waals surface area contributed by atoms with Gasteiger partial charge in [0.15, 0.2) is 0 Å². The van der Waals surface area contributed by atoms with E-state index >= 15 is 0 Å². The van der Waals surface area contributed by atoms with Crippen LogP contribution in [0.25, 0.3) is 0 Å². The van der Waals surface area contributed by atoms with Crippen molar-refractivity contribution in [1.82, 2.24) is 5.01 Å². The first-order chi connectivity index (χ1) is 10.7. The second-order valence-electron chi connectivity index (χ2n) is 5.23. The molecule has 0 aromatic heterocycles. The SMILES string of the molecule is COc1ccc(Cc2ccc(C3=NCCN3N)cc2)c(F)c1.Cl. The highest BCUT2D eigenvalue weighted by Crippen LogP contribution is 2.20. The van der Waals surface area contributed by atoms with Crippen LogP contribution in [0.15, 0.2) is 47.5 Å². The smallest absolute Gasteiger partial charge is 0.145 e. The molecular formula is C17H19ClFN3O. The van der Waals surface area contributed by atoms with E-state index in [1.165, 1.54) is 13.2 Å². The molecule has 1 heterocycles. The molecule has 0 fully saturated rings. The Morgan fingerprint density at radius 1 is 1.22 bits per heavy atom. The largest absolute Gasteiger partial charge is 0.497 e. The minimum absolute atomic E-state index is 0. The zero-order chi connectivity index (χ0) is 15.5. The number of hydrogen-bond acceptors (Lipinski definition) is 4. The van der Waals surface area contributed by atoms with Gasteiger partial charge >= 0.3 is 0 Å². The average molecular weight is 336 g/mol. The predicted octanol–water partition coefficient (Wildman–Crippen LogP) is 2.78. The molecule has 0 atom stereocenters. The average Bonchev–Trinajstić information content (AvgIpc) is 2.96. The van der Waals surface area contributed by atoms with E-state index in [9.17, 15) is 4.39 Å². The summed E-state index contributed by atoms with van der Waals surface area (Å²) in [5.41, 5.74) is 2.67. The Kier molecular flexibility index (Phi) is 5.58. The molecule has 2 N–H and O–H groups in total. The number of aliphatic imine (C=N–C) groups is 1. The molecule has 3 rings (SSSR count). The lowest BCUT2D eigenvalue weighted by Gasteiger charge is -2.13. The van der Waals surface area contributed by atoms with Crippen LogP contribution in [0.1, 0.15) is 16.7 Å². The van der Waals surface area contributed by atoms with Crippen LogP contribution in [0.5, 0.6) is 5.75 Å². The van der Waals surface area contributed by atoms with Crippen LogP contribution in [0, 0.1) is 5.82 Å². The number of nitrogens with two attached hydrogens (primary N) is 1. The molecule has 0 unspecified atom stereocenters. The number of hydrogen-bond donors (Lipinski definition) is 1. The van der Waals surface area contributed by atoms with Crippen molar-refractivity contribution in [3.05, 3.63) is 65.0 Å². The van der Waals surface area contributed by atoms with Crippen LogP contribution in [-0.2, 0) is 6.42 Å². The molecule has 1 aliphatic rings. The van der Waals surface area contributed by atoms with E-state index < -0.39 is 0 Å². The van der Waals surface area contributed by atoms with E-state index in [2.05, 4.69) is 4.99 Å². The van der Waals surface area contributed by atoms with Crippen LogP contribution in [-0.4, -0.2) is 31.0 Å². The number of amidine groups is 1. The topological polar surface area (TPSA) is 50.8 Å². The van der Waals surface area contributed by atoms with Gasteiger partial charge in [-0.3, -0.25) is 10.0 Å². The molecule has 6 heteroatoms. The van der Waals surface area contributed by atoms with E-state index in [0.29, 0.717) is 17.7 Å². The lowest BCUT2D eigenvalue weighted by Crippen LogP contribution is -2.34. The van der Waals surface area contributed by atoms with Crippen LogP contribution >= 0.6 is 12.4 Å². The van der Waals surface area contributed by atoms with Crippen molar-refractivity contribution >= 4 is 18.2 Å². The highest BCUT2D eigenvalue weighted by Gasteiger charge is 2.15. The highest BCUT2D eigenvalue weighted by molar-refractivity contribution is 5.99. The van der Waals surface area contributed by atoms with E-state index in [1.54, 1.807) is 17.1 Å². The zero-order valence-electron chi connectivity index (χ0n) is 12.8. The minimum atomic E-state index is -0.253. The fourth-order valence-electron chi connectivity index (χ4n) is 2.51. The number of rotatable bonds is 4. The van der Waals surface area contributed by atoms with E-state index in [0.717, 1.165) is 30.1 Å². The molecule has 0 amide bonds. The normalized spacial score (nSPS) is 13.5. The first kappa shape index (κ1) is 17.2. The number of halogens is 2. The second kappa shape index (κ2) is 7.44. The Bertz CT molecular complexity index is 703. The third kappa shape index (κ3) is 3.81. The maximum absolute atomic E-state index is 14.0. The monoisotopic (exact) mass is 335 g/mol. The molecule has 2 aromatic rings. The number of methoxy groups -OCH3 is 1. The van der Waals surface area contributed by atoms with Gasteiger partial charge in [-0.15, -0.1) is 12.4 Å². The molecule has 0 bridgehead atoms. The first-order valence-corrected chi connectivity index (χ1v) is 7.16. The Morgan fingerprint density at radius 3 is 2.52 bits per heavy atom. The summed E-state index contributed by atoms with van der Waals surface area (Å²) < 4.78 is 19.0. The summed E-state index contributed by atoms with van der Waals surface area (Å²) in [4.78, 5) is 4.38. The summed E-state index contributed by atoms with van der Waals surface area (Å²) in [7, 11) is 1.53. The second-order valence-corrected chi connectivity index (χ2v) is 5.23. The number of hydrazine groups is 1. The van der Waals surface area contributed by atoms with Crippen molar-refractivity contribution in [2.45, 2.75) is 6.42 Å². The highest BCUT2D eigenvalue weighted by atomic mass is 35.5. The van der Waals surface area contributed by atoms with Gasteiger partial charge in [0.2, 0.25) is 0 Å². The molecule has 0 radical (unpaired) electrons. The van der Waals surface area contributed by atoms with Crippen LogP contribution < -0.4 is 10.6 Å². The van der Waals surface area contributed by atoms with Crippen LogP contribution in [0.2, 0.25) is 0 Å². The van der Waals surface area contributed by atoms with Gasteiger partial charge in [-0.2, -0.15) is 0 Å². The molecule has 0 saturated carbocycles. The maximum atomic E-state index is 14.0.